The van der Waals surface area contributed by atoms with E-state index in [0.29, 0.717) is 6.61 Å². The molecule has 1 aromatic rings. The van der Waals surface area contributed by atoms with Crippen molar-refractivity contribution in [1.82, 2.24) is 4.72 Å². The van der Waals surface area contributed by atoms with Gasteiger partial charge in [-0.3, -0.25) is 0 Å². The summed E-state index contributed by atoms with van der Waals surface area (Å²) >= 11 is 0. The Labute approximate surface area is 113 Å². The van der Waals surface area contributed by atoms with Crippen molar-refractivity contribution in [2.45, 2.75) is 24.7 Å². The summed E-state index contributed by atoms with van der Waals surface area (Å²) in [5.74, 6) is -0.681. The molecule has 0 aliphatic heterocycles. The maximum Gasteiger partial charge on any atom is 0.240 e. The fourth-order valence-corrected chi connectivity index (χ4v) is 2.50. The van der Waals surface area contributed by atoms with Crippen molar-refractivity contribution >= 4 is 15.7 Å². The fraction of sp³-hybridized carbons (Fsp3) is 0.500. The van der Waals surface area contributed by atoms with Crippen LogP contribution in [0.15, 0.2) is 23.1 Å². The molecule has 0 saturated carbocycles. The van der Waals surface area contributed by atoms with Crippen LogP contribution in [0.25, 0.3) is 0 Å². The molecule has 0 aliphatic carbocycles. The minimum Gasteiger partial charge on any atom is -0.399 e. The maximum atomic E-state index is 13.1. The van der Waals surface area contributed by atoms with Crippen LogP contribution < -0.4 is 10.5 Å². The molecule has 0 heterocycles. The molecule has 7 heteroatoms. The first kappa shape index (κ1) is 15.9. The van der Waals surface area contributed by atoms with Crippen molar-refractivity contribution in [1.29, 1.82) is 0 Å². The van der Waals surface area contributed by atoms with Crippen LogP contribution in [0.5, 0.6) is 0 Å². The molecule has 1 rings (SSSR count). The standard InChI is InChI=1S/C12H19FN2O3S/c1-2-3-5-18-6-4-15-19(16,17)12-8-10(13)7-11(14)9-12/h7-9,15H,2-6,14H2,1H3. The normalized spacial score (nSPS) is 11.7. The van der Waals surface area contributed by atoms with Gasteiger partial charge in [-0.05, 0) is 24.6 Å². The Morgan fingerprint density at radius 2 is 2.05 bits per heavy atom. The topological polar surface area (TPSA) is 81.4 Å². The number of hydrogen-bond donors (Lipinski definition) is 2. The minimum atomic E-state index is -3.75. The van der Waals surface area contributed by atoms with Gasteiger partial charge >= 0.3 is 0 Å². The zero-order chi connectivity index (χ0) is 14.3. The predicted molar refractivity (Wildman–Crippen MR) is 71.7 cm³/mol. The van der Waals surface area contributed by atoms with Gasteiger partial charge in [0.1, 0.15) is 5.82 Å². The Hall–Kier alpha value is -1.18. The van der Waals surface area contributed by atoms with E-state index in [2.05, 4.69) is 4.72 Å². The van der Waals surface area contributed by atoms with Crippen molar-refractivity contribution in [3.05, 3.63) is 24.0 Å². The molecule has 0 saturated heterocycles. The first-order valence-corrected chi connectivity index (χ1v) is 7.57. The molecule has 0 aromatic heterocycles. The number of anilines is 1. The van der Waals surface area contributed by atoms with E-state index in [0.717, 1.165) is 25.0 Å². The van der Waals surface area contributed by atoms with E-state index in [1.807, 2.05) is 6.92 Å². The Bertz CT molecular complexity index is 485. The number of ether oxygens (including phenoxy) is 1. The molecule has 3 N–H and O–H groups in total. The van der Waals surface area contributed by atoms with Crippen molar-refractivity contribution < 1.29 is 17.5 Å². The van der Waals surface area contributed by atoms with Crippen LogP contribution in [0.4, 0.5) is 10.1 Å². The molecular formula is C12H19FN2O3S. The number of sulfonamides is 1. The van der Waals surface area contributed by atoms with E-state index in [-0.39, 0.29) is 23.7 Å². The zero-order valence-electron chi connectivity index (χ0n) is 10.9. The van der Waals surface area contributed by atoms with Crippen molar-refractivity contribution in [3.63, 3.8) is 0 Å². The van der Waals surface area contributed by atoms with Crippen LogP contribution in [0.3, 0.4) is 0 Å². The SMILES string of the molecule is CCCCOCCNS(=O)(=O)c1cc(N)cc(F)c1. The quantitative estimate of drug-likeness (QED) is 0.561. The average molecular weight is 290 g/mol. The van der Waals surface area contributed by atoms with E-state index in [1.54, 1.807) is 0 Å². The van der Waals surface area contributed by atoms with Crippen molar-refractivity contribution in [2.75, 3.05) is 25.5 Å². The summed E-state index contributed by atoms with van der Waals surface area (Å²) in [7, 11) is -3.75. The number of halogens is 1. The number of unbranched alkanes of at least 4 members (excludes halogenated alkanes) is 1. The lowest BCUT2D eigenvalue weighted by Gasteiger charge is -2.08. The first-order valence-electron chi connectivity index (χ1n) is 6.09. The fourth-order valence-electron chi connectivity index (χ4n) is 1.42. The van der Waals surface area contributed by atoms with Gasteiger partial charge in [0.25, 0.3) is 0 Å². The summed E-state index contributed by atoms with van der Waals surface area (Å²) in [6.07, 6.45) is 1.96. The van der Waals surface area contributed by atoms with Gasteiger partial charge in [0.05, 0.1) is 11.5 Å². The molecular weight excluding hydrogens is 271 g/mol. The Morgan fingerprint density at radius 1 is 1.32 bits per heavy atom. The van der Waals surface area contributed by atoms with Crippen LogP contribution >= 0.6 is 0 Å². The zero-order valence-corrected chi connectivity index (χ0v) is 11.7. The molecule has 19 heavy (non-hydrogen) atoms. The maximum absolute atomic E-state index is 13.1. The van der Waals surface area contributed by atoms with E-state index in [4.69, 9.17) is 10.5 Å². The lowest BCUT2D eigenvalue weighted by molar-refractivity contribution is 0.136. The minimum absolute atomic E-state index is 0.0690. The lowest BCUT2D eigenvalue weighted by atomic mass is 10.3. The highest BCUT2D eigenvalue weighted by atomic mass is 32.2. The molecule has 5 nitrogen and oxygen atoms in total. The van der Waals surface area contributed by atoms with Gasteiger partial charge in [-0.1, -0.05) is 13.3 Å². The first-order chi connectivity index (χ1) is 8.95. The summed E-state index contributed by atoms with van der Waals surface area (Å²) in [6, 6.07) is 3.20. The van der Waals surface area contributed by atoms with Gasteiger partial charge in [0.2, 0.25) is 10.0 Å². The van der Waals surface area contributed by atoms with E-state index in [1.165, 1.54) is 6.07 Å². The summed E-state index contributed by atoms with van der Waals surface area (Å²) in [5.41, 5.74) is 5.48. The van der Waals surface area contributed by atoms with Gasteiger partial charge < -0.3 is 10.5 Å². The molecule has 0 fully saturated rings. The van der Waals surface area contributed by atoms with Gasteiger partial charge in [0, 0.05) is 18.8 Å². The van der Waals surface area contributed by atoms with Crippen LogP contribution in [-0.2, 0) is 14.8 Å². The monoisotopic (exact) mass is 290 g/mol. The summed E-state index contributed by atoms with van der Waals surface area (Å²) in [4.78, 5) is -0.182. The lowest BCUT2D eigenvalue weighted by Crippen LogP contribution is -2.27. The van der Waals surface area contributed by atoms with Crippen LogP contribution in [0, 0.1) is 5.82 Å². The Balaban J connectivity index is 2.51. The highest BCUT2D eigenvalue weighted by Gasteiger charge is 2.14. The molecule has 0 radical (unpaired) electrons. The summed E-state index contributed by atoms with van der Waals surface area (Å²) < 4.78 is 44.3. The Morgan fingerprint density at radius 3 is 2.68 bits per heavy atom. The third-order valence-electron chi connectivity index (χ3n) is 2.38. The molecule has 0 bridgehead atoms. The molecule has 1 aromatic carbocycles. The van der Waals surface area contributed by atoms with Crippen LogP contribution in [0.1, 0.15) is 19.8 Å². The molecule has 0 unspecified atom stereocenters. The second kappa shape index (κ2) is 7.42. The summed E-state index contributed by atoms with van der Waals surface area (Å²) in [6.45, 7) is 3.07. The third kappa shape index (κ3) is 5.54. The second-order valence-electron chi connectivity index (χ2n) is 4.08. The summed E-state index contributed by atoms with van der Waals surface area (Å²) in [5, 5.41) is 0. The molecule has 0 amide bonds. The second-order valence-corrected chi connectivity index (χ2v) is 5.85. The molecule has 0 spiro atoms. The smallest absolute Gasteiger partial charge is 0.240 e. The highest BCUT2D eigenvalue weighted by Crippen LogP contribution is 2.15. The van der Waals surface area contributed by atoms with Crippen LogP contribution in [0.2, 0.25) is 0 Å². The van der Waals surface area contributed by atoms with E-state index < -0.39 is 15.8 Å². The van der Waals surface area contributed by atoms with Crippen LogP contribution in [-0.4, -0.2) is 28.2 Å². The average Bonchev–Trinajstić information content (AvgIpc) is 2.32. The number of nitrogens with two attached hydrogens (primary N) is 1. The Kier molecular flexibility index (Phi) is 6.20. The van der Waals surface area contributed by atoms with E-state index >= 15 is 0 Å². The van der Waals surface area contributed by atoms with Gasteiger partial charge in [-0.2, -0.15) is 0 Å². The van der Waals surface area contributed by atoms with Gasteiger partial charge in [-0.15, -0.1) is 0 Å². The van der Waals surface area contributed by atoms with Gasteiger partial charge in [0.15, 0.2) is 0 Å². The van der Waals surface area contributed by atoms with Crippen molar-refractivity contribution in [3.8, 4) is 0 Å². The number of benzene rings is 1. The molecule has 0 atom stereocenters. The number of rotatable bonds is 8. The largest absolute Gasteiger partial charge is 0.399 e. The third-order valence-corrected chi connectivity index (χ3v) is 3.83. The van der Waals surface area contributed by atoms with Gasteiger partial charge in [-0.25, -0.2) is 17.5 Å². The predicted octanol–water partition coefficient (Wildman–Crippen LogP) is 1.50. The molecule has 108 valence electrons. The van der Waals surface area contributed by atoms with Crippen molar-refractivity contribution in [2.24, 2.45) is 0 Å². The number of hydrogen-bond acceptors (Lipinski definition) is 4. The number of nitrogen functional groups attached to an aromatic ring is 1. The number of nitrogens with one attached hydrogen (secondary N) is 1. The highest BCUT2D eigenvalue weighted by molar-refractivity contribution is 7.89. The van der Waals surface area contributed by atoms with E-state index in [9.17, 15) is 12.8 Å². The molecule has 0 aliphatic rings.